The molecule has 0 bridgehead atoms. The van der Waals surface area contributed by atoms with Crippen LogP contribution in [-0.4, -0.2) is 34.8 Å². The molecule has 0 saturated heterocycles. The summed E-state index contributed by atoms with van der Waals surface area (Å²) in [5.74, 6) is -0.259. The summed E-state index contributed by atoms with van der Waals surface area (Å²) in [5.41, 5.74) is 2.95. The van der Waals surface area contributed by atoms with Crippen LogP contribution in [0.25, 0.3) is 22.4 Å². The van der Waals surface area contributed by atoms with E-state index in [-0.39, 0.29) is 18.3 Å². The Hall–Kier alpha value is -3.06. The van der Waals surface area contributed by atoms with Gasteiger partial charge in [-0.2, -0.15) is 5.10 Å². The van der Waals surface area contributed by atoms with E-state index in [0.29, 0.717) is 17.1 Å². The number of benzene rings is 1. The van der Waals surface area contributed by atoms with Gasteiger partial charge in [-0.3, -0.25) is 14.9 Å². The van der Waals surface area contributed by atoms with E-state index in [2.05, 4.69) is 20.5 Å². The fraction of sp³-hybridized carbons (Fsp3) is 0.118. The minimum atomic E-state index is -0.322. The van der Waals surface area contributed by atoms with Gasteiger partial charge in [-0.1, -0.05) is 0 Å². The first-order chi connectivity index (χ1) is 11.7. The number of hydrogen-bond acceptors (Lipinski definition) is 4. The Morgan fingerprint density at radius 1 is 1.17 bits per heavy atom. The quantitative estimate of drug-likeness (QED) is 0.755. The highest BCUT2D eigenvalue weighted by atomic mass is 19.1. The van der Waals surface area contributed by atoms with Crippen molar-refractivity contribution in [3.8, 4) is 22.4 Å². The highest BCUT2D eigenvalue weighted by molar-refractivity contribution is 5.98. The number of nitrogens with zero attached hydrogens (tertiary/aromatic N) is 2. The molecule has 0 atom stereocenters. The molecule has 24 heavy (non-hydrogen) atoms. The number of hydrogen-bond donors (Lipinski definition) is 2. The molecule has 2 heterocycles. The van der Waals surface area contributed by atoms with Crippen molar-refractivity contribution in [3.05, 3.63) is 54.6 Å². The molecule has 0 saturated carbocycles. The number of carbonyl (C=O) groups excluding carboxylic acids is 1. The zero-order valence-electron chi connectivity index (χ0n) is 12.9. The molecule has 122 valence electrons. The fourth-order valence-corrected chi connectivity index (χ4v) is 2.36. The van der Waals surface area contributed by atoms with E-state index in [4.69, 9.17) is 4.74 Å². The number of rotatable bonds is 5. The molecular weight excluding hydrogens is 311 g/mol. The molecule has 2 N–H and O–H groups in total. The number of aromatic nitrogens is 3. The summed E-state index contributed by atoms with van der Waals surface area (Å²) >= 11 is 0. The van der Waals surface area contributed by atoms with E-state index in [9.17, 15) is 9.18 Å². The SMILES string of the molecule is COCC(=O)Nc1n[nH]c(-c2ccc(F)cc2)c1-c1ccncc1. The predicted molar refractivity (Wildman–Crippen MR) is 87.7 cm³/mol. The number of ether oxygens (including phenoxy) is 1. The molecule has 0 radical (unpaired) electrons. The van der Waals surface area contributed by atoms with Gasteiger partial charge in [0.15, 0.2) is 5.82 Å². The van der Waals surface area contributed by atoms with Crippen molar-refractivity contribution in [1.82, 2.24) is 15.2 Å². The first kappa shape index (κ1) is 15.8. The number of amides is 1. The molecule has 6 nitrogen and oxygen atoms in total. The van der Waals surface area contributed by atoms with Gasteiger partial charge in [0, 0.05) is 25.1 Å². The van der Waals surface area contributed by atoms with Gasteiger partial charge in [0.2, 0.25) is 0 Å². The second-order valence-electron chi connectivity index (χ2n) is 5.05. The van der Waals surface area contributed by atoms with Crippen LogP contribution in [0.2, 0.25) is 0 Å². The number of pyridine rings is 1. The van der Waals surface area contributed by atoms with Gasteiger partial charge in [-0.15, -0.1) is 0 Å². The van der Waals surface area contributed by atoms with Crippen LogP contribution >= 0.6 is 0 Å². The average Bonchev–Trinajstić information content (AvgIpc) is 3.00. The van der Waals surface area contributed by atoms with Gasteiger partial charge in [0.05, 0.1) is 11.3 Å². The van der Waals surface area contributed by atoms with Crippen molar-refractivity contribution in [2.24, 2.45) is 0 Å². The predicted octanol–water partition coefficient (Wildman–Crippen LogP) is 2.86. The molecular formula is C17H15FN4O2. The van der Waals surface area contributed by atoms with Gasteiger partial charge in [0.25, 0.3) is 5.91 Å². The third-order valence-electron chi connectivity index (χ3n) is 3.40. The third kappa shape index (κ3) is 3.31. The zero-order chi connectivity index (χ0) is 16.9. The van der Waals surface area contributed by atoms with Crippen molar-refractivity contribution in [2.45, 2.75) is 0 Å². The molecule has 3 rings (SSSR count). The smallest absolute Gasteiger partial charge is 0.251 e. The van der Waals surface area contributed by atoms with Gasteiger partial charge >= 0.3 is 0 Å². The molecule has 0 fully saturated rings. The monoisotopic (exact) mass is 326 g/mol. The number of anilines is 1. The Morgan fingerprint density at radius 2 is 1.88 bits per heavy atom. The van der Waals surface area contributed by atoms with Crippen LogP contribution < -0.4 is 5.32 Å². The van der Waals surface area contributed by atoms with E-state index in [1.807, 2.05) is 12.1 Å². The second-order valence-corrected chi connectivity index (χ2v) is 5.05. The number of aromatic amines is 1. The normalized spacial score (nSPS) is 10.6. The van der Waals surface area contributed by atoms with E-state index in [0.717, 1.165) is 11.1 Å². The van der Waals surface area contributed by atoms with Crippen molar-refractivity contribution < 1.29 is 13.9 Å². The first-order valence-electron chi connectivity index (χ1n) is 7.22. The largest absolute Gasteiger partial charge is 0.375 e. The van der Waals surface area contributed by atoms with Crippen LogP contribution in [0.1, 0.15) is 0 Å². The summed E-state index contributed by atoms with van der Waals surface area (Å²) in [6, 6.07) is 9.65. The molecule has 0 aliphatic heterocycles. The lowest BCUT2D eigenvalue weighted by atomic mass is 10.0. The summed E-state index contributed by atoms with van der Waals surface area (Å²) < 4.78 is 18.0. The van der Waals surface area contributed by atoms with E-state index >= 15 is 0 Å². The van der Waals surface area contributed by atoms with E-state index < -0.39 is 0 Å². The van der Waals surface area contributed by atoms with Crippen molar-refractivity contribution in [1.29, 1.82) is 0 Å². The molecule has 1 amide bonds. The first-order valence-corrected chi connectivity index (χ1v) is 7.22. The Bertz CT molecular complexity index is 832. The van der Waals surface area contributed by atoms with Crippen molar-refractivity contribution in [2.75, 3.05) is 19.0 Å². The standard InChI is InChI=1S/C17H15FN4O2/c1-24-10-14(23)20-17-15(11-6-8-19-9-7-11)16(21-22-17)12-2-4-13(18)5-3-12/h2-9H,10H2,1H3,(H2,20,21,22,23). The van der Waals surface area contributed by atoms with Crippen LogP contribution in [0.4, 0.5) is 10.2 Å². The van der Waals surface area contributed by atoms with Gasteiger partial charge in [-0.05, 0) is 42.0 Å². The summed E-state index contributed by atoms with van der Waals surface area (Å²) in [4.78, 5) is 15.8. The van der Waals surface area contributed by atoms with Crippen molar-refractivity contribution in [3.63, 3.8) is 0 Å². The summed E-state index contributed by atoms with van der Waals surface area (Å²) in [6.45, 7) is -0.0749. The summed E-state index contributed by atoms with van der Waals surface area (Å²) in [5, 5.41) is 9.81. The Kier molecular flexibility index (Phi) is 4.62. The van der Waals surface area contributed by atoms with Gasteiger partial charge in [-0.25, -0.2) is 4.39 Å². The van der Waals surface area contributed by atoms with Gasteiger partial charge in [0.1, 0.15) is 12.4 Å². The lowest BCUT2D eigenvalue weighted by Crippen LogP contribution is -2.17. The third-order valence-corrected chi connectivity index (χ3v) is 3.40. The Labute approximate surface area is 137 Å². The van der Waals surface area contributed by atoms with Crippen molar-refractivity contribution >= 4 is 11.7 Å². The lowest BCUT2D eigenvalue weighted by Gasteiger charge is -2.07. The van der Waals surface area contributed by atoms with Crippen LogP contribution in [0.15, 0.2) is 48.8 Å². The molecule has 1 aromatic carbocycles. The maximum atomic E-state index is 13.2. The minimum absolute atomic E-state index is 0.0749. The maximum absolute atomic E-state index is 13.2. The summed E-state index contributed by atoms with van der Waals surface area (Å²) in [7, 11) is 1.44. The highest BCUT2D eigenvalue weighted by Gasteiger charge is 2.18. The number of nitrogens with one attached hydrogen (secondary N) is 2. The molecule has 2 aromatic heterocycles. The van der Waals surface area contributed by atoms with Crippen LogP contribution in [0.5, 0.6) is 0 Å². The highest BCUT2D eigenvalue weighted by Crippen LogP contribution is 2.35. The van der Waals surface area contributed by atoms with Gasteiger partial charge < -0.3 is 10.1 Å². The van der Waals surface area contributed by atoms with Crippen LogP contribution in [-0.2, 0) is 9.53 Å². The molecule has 3 aromatic rings. The zero-order valence-corrected chi connectivity index (χ0v) is 12.9. The number of methoxy groups -OCH3 is 1. The van der Waals surface area contributed by atoms with E-state index in [1.54, 1.807) is 24.5 Å². The van der Waals surface area contributed by atoms with Crippen LogP contribution in [0.3, 0.4) is 0 Å². The maximum Gasteiger partial charge on any atom is 0.251 e. The number of H-pyrrole nitrogens is 1. The Morgan fingerprint density at radius 3 is 2.54 bits per heavy atom. The van der Waals surface area contributed by atoms with E-state index in [1.165, 1.54) is 19.2 Å². The molecule has 0 spiro atoms. The lowest BCUT2D eigenvalue weighted by molar-refractivity contribution is -0.119. The second kappa shape index (κ2) is 7.01. The number of carbonyl (C=O) groups is 1. The topological polar surface area (TPSA) is 79.9 Å². The number of halogens is 1. The fourth-order valence-electron chi connectivity index (χ4n) is 2.36. The molecule has 0 aliphatic carbocycles. The minimum Gasteiger partial charge on any atom is -0.375 e. The molecule has 0 unspecified atom stereocenters. The average molecular weight is 326 g/mol. The Balaban J connectivity index is 2.08. The van der Waals surface area contributed by atoms with Crippen LogP contribution in [0, 0.1) is 5.82 Å². The summed E-state index contributed by atoms with van der Waals surface area (Å²) in [6.07, 6.45) is 3.30. The molecule has 0 aliphatic rings. The molecule has 7 heteroatoms.